The summed E-state index contributed by atoms with van der Waals surface area (Å²) < 4.78 is 4.83. The number of carbonyl (C=O) groups is 1. The summed E-state index contributed by atoms with van der Waals surface area (Å²) in [5.41, 5.74) is 0. The Kier molecular flexibility index (Phi) is 6.54. The molecule has 0 fully saturated rings. The molecule has 5 nitrogen and oxygen atoms in total. The summed E-state index contributed by atoms with van der Waals surface area (Å²) in [7, 11) is 0. The zero-order chi connectivity index (χ0) is 12.5. The average Bonchev–Trinajstić information content (AvgIpc) is 2.75. The second kappa shape index (κ2) is 8.00. The largest absolute Gasteiger partial charge is 0.466 e. The van der Waals surface area contributed by atoms with E-state index in [4.69, 9.17) is 4.74 Å². The second-order valence-corrected chi connectivity index (χ2v) is 4.65. The van der Waals surface area contributed by atoms with Gasteiger partial charge >= 0.3 is 5.97 Å². The minimum Gasteiger partial charge on any atom is -0.466 e. The quantitative estimate of drug-likeness (QED) is 0.724. The van der Waals surface area contributed by atoms with E-state index in [0.29, 0.717) is 19.6 Å². The van der Waals surface area contributed by atoms with Crippen LogP contribution in [0.25, 0.3) is 0 Å². The first-order valence-corrected chi connectivity index (χ1v) is 6.79. The molecule has 0 atom stereocenters. The predicted molar refractivity (Wildman–Crippen MR) is 68.3 cm³/mol. The number of nitrogens with zero attached hydrogens (tertiary/aromatic N) is 2. The van der Waals surface area contributed by atoms with Gasteiger partial charge < -0.3 is 10.1 Å². The molecule has 6 heteroatoms. The van der Waals surface area contributed by atoms with E-state index in [1.54, 1.807) is 18.3 Å². The van der Waals surface area contributed by atoms with Gasteiger partial charge in [0.2, 0.25) is 5.13 Å². The maximum atomic E-state index is 11.1. The molecule has 0 saturated heterocycles. The molecule has 1 aromatic heterocycles. The van der Waals surface area contributed by atoms with Crippen molar-refractivity contribution in [3.8, 4) is 0 Å². The summed E-state index contributed by atoms with van der Waals surface area (Å²) in [4.78, 5) is 11.1. The van der Waals surface area contributed by atoms with Crippen LogP contribution >= 0.6 is 11.3 Å². The SMILES string of the molecule is CCCCc1nnc(NCCC(=O)OCC)s1. The molecule has 1 rings (SSSR count). The summed E-state index contributed by atoms with van der Waals surface area (Å²) in [6, 6.07) is 0. The molecule has 0 saturated carbocycles. The van der Waals surface area contributed by atoms with E-state index in [1.807, 2.05) is 0 Å². The van der Waals surface area contributed by atoms with Crippen LogP contribution in [-0.2, 0) is 16.0 Å². The van der Waals surface area contributed by atoms with E-state index >= 15 is 0 Å². The van der Waals surface area contributed by atoms with Crippen LogP contribution in [0.15, 0.2) is 0 Å². The molecule has 0 aliphatic rings. The summed E-state index contributed by atoms with van der Waals surface area (Å²) in [6.07, 6.45) is 3.63. The molecule has 17 heavy (non-hydrogen) atoms. The van der Waals surface area contributed by atoms with Crippen molar-refractivity contribution in [3.05, 3.63) is 5.01 Å². The number of unbranched alkanes of at least 4 members (excludes halogenated alkanes) is 1. The van der Waals surface area contributed by atoms with Gasteiger partial charge in [0, 0.05) is 13.0 Å². The number of anilines is 1. The maximum Gasteiger partial charge on any atom is 0.307 e. The number of hydrogen-bond donors (Lipinski definition) is 1. The van der Waals surface area contributed by atoms with E-state index in [1.165, 1.54) is 0 Å². The predicted octanol–water partition coefficient (Wildman–Crippen LogP) is 2.25. The number of rotatable bonds is 8. The summed E-state index contributed by atoms with van der Waals surface area (Å²) in [5.74, 6) is -0.185. The zero-order valence-corrected chi connectivity index (χ0v) is 11.2. The van der Waals surface area contributed by atoms with Crippen LogP contribution in [0.1, 0.15) is 38.1 Å². The molecule has 96 valence electrons. The lowest BCUT2D eigenvalue weighted by molar-refractivity contribution is -0.142. The first kappa shape index (κ1) is 13.9. The van der Waals surface area contributed by atoms with E-state index in [0.717, 1.165) is 29.4 Å². The molecule has 1 N–H and O–H groups in total. The van der Waals surface area contributed by atoms with Crippen molar-refractivity contribution < 1.29 is 9.53 Å². The number of carbonyl (C=O) groups excluding carboxylic acids is 1. The second-order valence-electron chi connectivity index (χ2n) is 3.59. The van der Waals surface area contributed by atoms with Gasteiger partial charge in [-0.3, -0.25) is 4.79 Å². The van der Waals surface area contributed by atoms with Gasteiger partial charge in [-0.25, -0.2) is 0 Å². The molecule has 0 amide bonds. The fraction of sp³-hybridized carbons (Fsp3) is 0.727. The Hall–Kier alpha value is -1.17. The minimum atomic E-state index is -0.185. The topological polar surface area (TPSA) is 64.1 Å². The van der Waals surface area contributed by atoms with E-state index in [-0.39, 0.29) is 5.97 Å². The Bertz CT molecular complexity index is 341. The van der Waals surface area contributed by atoms with Crippen LogP contribution in [-0.4, -0.2) is 29.3 Å². The highest BCUT2D eigenvalue weighted by Crippen LogP contribution is 2.16. The van der Waals surface area contributed by atoms with Crippen molar-refractivity contribution in [2.45, 2.75) is 39.5 Å². The maximum absolute atomic E-state index is 11.1. The Labute approximate surface area is 106 Å². The normalized spacial score (nSPS) is 10.2. The molecular formula is C11H19N3O2S. The van der Waals surface area contributed by atoms with Gasteiger partial charge in [-0.1, -0.05) is 24.7 Å². The van der Waals surface area contributed by atoms with Crippen LogP contribution < -0.4 is 5.32 Å². The summed E-state index contributed by atoms with van der Waals surface area (Å²) in [6.45, 7) is 4.93. The number of aryl methyl sites for hydroxylation is 1. The Morgan fingerprint density at radius 1 is 1.41 bits per heavy atom. The Morgan fingerprint density at radius 2 is 2.24 bits per heavy atom. The zero-order valence-electron chi connectivity index (χ0n) is 10.4. The molecule has 0 aromatic carbocycles. The van der Waals surface area contributed by atoms with Gasteiger partial charge in [0.05, 0.1) is 13.0 Å². The fourth-order valence-electron chi connectivity index (χ4n) is 1.26. The molecule has 0 bridgehead atoms. The highest BCUT2D eigenvalue weighted by molar-refractivity contribution is 7.15. The summed E-state index contributed by atoms with van der Waals surface area (Å²) >= 11 is 1.55. The number of nitrogens with one attached hydrogen (secondary N) is 1. The van der Waals surface area contributed by atoms with Gasteiger partial charge in [-0.15, -0.1) is 10.2 Å². The van der Waals surface area contributed by atoms with Gasteiger partial charge in [-0.2, -0.15) is 0 Å². The third-order valence-electron chi connectivity index (χ3n) is 2.12. The molecule has 1 aromatic rings. The molecular weight excluding hydrogens is 238 g/mol. The van der Waals surface area contributed by atoms with Crippen LogP contribution in [0.5, 0.6) is 0 Å². The van der Waals surface area contributed by atoms with Crippen molar-refractivity contribution in [3.63, 3.8) is 0 Å². The van der Waals surface area contributed by atoms with Gasteiger partial charge in [0.25, 0.3) is 0 Å². The lowest BCUT2D eigenvalue weighted by Crippen LogP contribution is -2.11. The van der Waals surface area contributed by atoms with Crippen LogP contribution in [0.4, 0.5) is 5.13 Å². The molecule has 0 unspecified atom stereocenters. The molecule has 0 radical (unpaired) electrons. The highest BCUT2D eigenvalue weighted by Gasteiger charge is 2.05. The van der Waals surface area contributed by atoms with E-state index < -0.39 is 0 Å². The lowest BCUT2D eigenvalue weighted by Gasteiger charge is -2.01. The summed E-state index contributed by atoms with van der Waals surface area (Å²) in [5, 5.41) is 13.0. The van der Waals surface area contributed by atoms with E-state index in [2.05, 4.69) is 22.4 Å². The van der Waals surface area contributed by atoms with Gasteiger partial charge in [-0.05, 0) is 13.3 Å². The van der Waals surface area contributed by atoms with Gasteiger partial charge in [0.15, 0.2) is 0 Å². The smallest absolute Gasteiger partial charge is 0.307 e. The minimum absolute atomic E-state index is 0.185. The monoisotopic (exact) mass is 257 g/mol. The first-order valence-electron chi connectivity index (χ1n) is 5.98. The molecule has 1 heterocycles. The van der Waals surface area contributed by atoms with Crippen molar-refractivity contribution in [2.75, 3.05) is 18.5 Å². The number of aromatic nitrogens is 2. The Morgan fingerprint density at radius 3 is 2.94 bits per heavy atom. The van der Waals surface area contributed by atoms with Crippen molar-refractivity contribution >= 4 is 22.4 Å². The number of hydrogen-bond acceptors (Lipinski definition) is 6. The lowest BCUT2D eigenvalue weighted by atomic mass is 10.3. The first-order chi connectivity index (χ1) is 8.26. The fourth-order valence-corrected chi connectivity index (χ4v) is 2.07. The van der Waals surface area contributed by atoms with Crippen molar-refractivity contribution in [1.82, 2.24) is 10.2 Å². The van der Waals surface area contributed by atoms with Crippen molar-refractivity contribution in [2.24, 2.45) is 0 Å². The molecule has 0 aliphatic carbocycles. The van der Waals surface area contributed by atoms with Gasteiger partial charge in [0.1, 0.15) is 5.01 Å². The van der Waals surface area contributed by atoms with E-state index in [9.17, 15) is 4.79 Å². The standard InChI is InChI=1S/C11H19N3O2S/c1-3-5-6-9-13-14-11(17-9)12-8-7-10(15)16-4-2/h3-8H2,1-2H3,(H,12,14). The van der Waals surface area contributed by atoms with Crippen molar-refractivity contribution in [1.29, 1.82) is 0 Å². The van der Waals surface area contributed by atoms with Crippen LogP contribution in [0.3, 0.4) is 0 Å². The number of esters is 1. The van der Waals surface area contributed by atoms with Crippen LogP contribution in [0.2, 0.25) is 0 Å². The van der Waals surface area contributed by atoms with Crippen LogP contribution in [0, 0.1) is 0 Å². The molecule has 0 aliphatic heterocycles. The number of ether oxygens (including phenoxy) is 1. The molecule has 0 spiro atoms. The average molecular weight is 257 g/mol. The third-order valence-corrected chi connectivity index (χ3v) is 3.06. The Balaban J connectivity index is 2.22. The third kappa shape index (κ3) is 5.63. The highest BCUT2D eigenvalue weighted by atomic mass is 32.1.